The third-order valence-corrected chi connectivity index (χ3v) is 8.42. The second-order valence-electron chi connectivity index (χ2n) is 10.9. The van der Waals surface area contributed by atoms with E-state index in [4.69, 9.17) is 14.6 Å². The third kappa shape index (κ3) is 4.90. The molecule has 0 bridgehead atoms. The molecular formula is C37H34O5. The minimum absolute atomic E-state index is 0.171. The first-order chi connectivity index (χ1) is 20.4. The minimum atomic E-state index is -1.46. The number of carbonyl (C=O) groups is 1. The summed E-state index contributed by atoms with van der Waals surface area (Å²) in [7, 11) is 3.28. The summed E-state index contributed by atoms with van der Waals surface area (Å²) in [5.41, 5.74) is 1.77. The molecule has 6 aromatic rings. The Balaban J connectivity index is 1.50. The molecule has 1 unspecified atom stereocenters. The summed E-state index contributed by atoms with van der Waals surface area (Å²) in [4.78, 5) is 10.9. The summed E-state index contributed by atoms with van der Waals surface area (Å²) < 4.78 is 11.1. The van der Waals surface area contributed by atoms with Crippen LogP contribution >= 0.6 is 0 Å². The molecule has 5 heteroatoms. The lowest BCUT2D eigenvalue weighted by Gasteiger charge is -2.32. The molecule has 1 atom stereocenters. The number of ether oxygens (including phenoxy) is 2. The highest BCUT2D eigenvalue weighted by Crippen LogP contribution is 2.43. The fourth-order valence-corrected chi connectivity index (χ4v) is 6.26. The number of aryl methyl sites for hydroxylation is 1. The molecule has 0 fully saturated rings. The van der Waals surface area contributed by atoms with Crippen LogP contribution in [0.4, 0.5) is 0 Å². The van der Waals surface area contributed by atoms with E-state index in [1.807, 2.05) is 42.5 Å². The maximum atomic E-state index is 12.9. The van der Waals surface area contributed by atoms with Gasteiger partial charge in [0.25, 0.3) is 0 Å². The lowest BCUT2D eigenvalue weighted by molar-refractivity contribution is -0.137. The third-order valence-electron chi connectivity index (χ3n) is 8.42. The van der Waals surface area contributed by atoms with Gasteiger partial charge in [0, 0.05) is 6.42 Å². The molecule has 6 aromatic carbocycles. The highest BCUT2D eigenvalue weighted by atomic mass is 16.5. The van der Waals surface area contributed by atoms with Crippen LogP contribution in [-0.4, -0.2) is 30.4 Å². The lowest BCUT2D eigenvalue weighted by Crippen LogP contribution is -2.29. The molecule has 6 rings (SSSR count). The van der Waals surface area contributed by atoms with Gasteiger partial charge in [-0.3, -0.25) is 4.79 Å². The van der Waals surface area contributed by atoms with Crippen molar-refractivity contribution in [3.63, 3.8) is 0 Å². The molecule has 2 N–H and O–H groups in total. The van der Waals surface area contributed by atoms with Gasteiger partial charge in [0.15, 0.2) is 0 Å². The highest BCUT2D eigenvalue weighted by molar-refractivity contribution is 6.23. The van der Waals surface area contributed by atoms with Crippen molar-refractivity contribution in [2.75, 3.05) is 14.2 Å². The normalized spacial score (nSPS) is 13.0. The first-order valence-electron chi connectivity index (χ1n) is 14.4. The Bertz CT molecular complexity index is 1810. The molecule has 0 heterocycles. The Kier molecular flexibility index (Phi) is 7.44. The number of aliphatic carboxylic acids is 1. The smallest absolute Gasteiger partial charge is 0.303 e. The first-order valence-corrected chi connectivity index (χ1v) is 14.4. The summed E-state index contributed by atoms with van der Waals surface area (Å²) in [5.74, 6) is 0.700. The number of benzene rings is 6. The molecule has 0 aliphatic carbocycles. The minimum Gasteiger partial charge on any atom is -0.497 e. The Morgan fingerprint density at radius 1 is 0.667 bits per heavy atom. The molecule has 212 valence electrons. The second-order valence-corrected chi connectivity index (χ2v) is 10.9. The van der Waals surface area contributed by atoms with E-state index in [1.165, 1.54) is 21.5 Å². The van der Waals surface area contributed by atoms with Gasteiger partial charge in [-0.25, -0.2) is 0 Å². The summed E-state index contributed by atoms with van der Waals surface area (Å²) in [6.07, 6.45) is 3.16. The average molecular weight is 559 g/mol. The van der Waals surface area contributed by atoms with Crippen LogP contribution in [-0.2, 0) is 16.8 Å². The van der Waals surface area contributed by atoms with Crippen molar-refractivity contribution in [1.29, 1.82) is 0 Å². The van der Waals surface area contributed by atoms with Gasteiger partial charge in [-0.2, -0.15) is 0 Å². The molecule has 0 saturated carbocycles. The molecule has 0 aromatic heterocycles. The zero-order chi connectivity index (χ0) is 29.3. The van der Waals surface area contributed by atoms with Crippen molar-refractivity contribution in [2.24, 2.45) is 0 Å². The summed E-state index contributed by atoms with van der Waals surface area (Å²) in [6.45, 7) is 0. The van der Waals surface area contributed by atoms with E-state index in [9.17, 15) is 9.90 Å². The number of methoxy groups -OCH3 is 2. The number of aliphatic hydroxyl groups is 1. The van der Waals surface area contributed by atoms with E-state index in [-0.39, 0.29) is 6.42 Å². The zero-order valence-corrected chi connectivity index (χ0v) is 23.9. The topological polar surface area (TPSA) is 76.0 Å². The average Bonchev–Trinajstić information content (AvgIpc) is 3.02. The van der Waals surface area contributed by atoms with Crippen LogP contribution in [0.2, 0.25) is 0 Å². The number of carboxylic acids is 1. The quantitative estimate of drug-likeness (QED) is 0.0955. The van der Waals surface area contributed by atoms with Gasteiger partial charge in [0.1, 0.15) is 17.1 Å². The summed E-state index contributed by atoms with van der Waals surface area (Å²) in [5, 5.41) is 28.9. The predicted octanol–water partition coefficient (Wildman–Crippen LogP) is 8.07. The van der Waals surface area contributed by atoms with E-state index in [1.54, 1.807) is 14.2 Å². The molecule has 0 spiro atoms. The van der Waals surface area contributed by atoms with E-state index < -0.39 is 11.6 Å². The molecule has 0 amide bonds. The van der Waals surface area contributed by atoms with Gasteiger partial charge < -0.3 is 19.7 Å². The number of carboxylic acid groups (broad SMARTS) is 1. The van der Waals surface area contributed by atoms with Crippen molar-refractivity contribution in [3.05, 3.63) is 119 Å². The van der Waals surface area contributed by atoms with Crippen LogP contribution in [0.5, 0.6) is 11.5 Å². The summed E-state index contributed by atoms with van der Waals surface area (Å²) in [6, 6.07) is 32.6. The van der Waals surface area contributed by atoms with Crippen LogP contribution in [0.25, 0.3) is 32.3 Å². The Hall–Kier alpha value is -4.61. The molecule has 0 saturated heterocycles. The molecule has 0 aliphatic rings. The van der Waals surface area contributed by atoms with E-state index in [0.29, 0.717) is 12.2 Å². The molecule has 0 aliphatic heterocycles. The van der Waals surface area contributed by atoms with Crippen LogP contribution < -0.4 is 9.47 Å². The molecule has 5 nitrogen and oxygen atoms in total. The van der Waals surface area contributed by atoms with Crippen LogP contribution in [0, 0.1) is 0 Å². The number of rotatable bonds is 11. The van der Waals surface area contributed by atoms with Crippen molar-refractivity contribution in [3.8, 4) is 11.5 Å². The van der Waals surface area contributed by atoms with E-state index in [2.05, 4.69) is 54.6 Å². The number of unbranched alkanes of at least 4 members (excludes halogenated alkanes) is 2. The van der Waals surface area contributed by atoms with E-state index >= 15 is 0 Å². The van der Waals surface area contributed by atoms with Crippen LogP contribution in [0.15, 0.2) is 97.1 Å². The monoisotopic (exact) mass is 558 g/mol. The van der Waals surface area contributed by atoms with Crippen LogP contribution in [0.1, 0.15) is 47.9 Å². The predicted molar refractivity (Wildman–Crippen MR) is 168 cm³/mol. The maximum Gasteiger partial charge on any atom is 0.303 e. The fourth-order valence-electron chi connectivity index (χ4n) is 6.26. The Labute approximate surface area is 245 Å². The van der Waals surface area contributed by atoms with Crippen molar-refractivity contribution >= 4 is 38.3 Å². The van der Waals surface area contributed by atoms with Crippen molar-refractivity contribution in [1.82, 2.24) is 0 Å². The van der Waals surface area contributed by atoms with Gasteiger partial charge in [0.05, 0.1) is 14.2 Å². The highest BCUT2D eigenvalue weighted by Gasteiger charge is 2.35. The fraction of sp³-hybridized carbons (Fsp3) is 0.216. The van der Waals surface area contributed by atoms with Gasteiger partial charge in [-0.1, -0.05) is 67.1 Å². The van der Waals surface area contributed by atoms with Gasteiger partial charge in [-0.05, 0) is 110 Å². The SMILES string of the molecule is COc1ccc(C(O)(c2ccc(OC)c(CCCCCC(=O)O)c2)c2cc3ccc4cccc5ccc(c2)c3c45)cc1. The standard InChI is InChI=1S/C37H34O5/c1-41-32-18-15-29(16-19-32)37(40,30-17-20-33(42-2)26(21-30)7-4-3-5-10-34(38)39)31-22-27-13-11-24-8-6-9-25-12-14-28(23-31)36(27)35(24)25/h6,8-9,11-23,40H,3-5,7,10H2,1-2H3,(H,38,39). The van der Waals surface area contributed by atoms with Gasteiger partial charge in [-0.15, -0.1) is 0 Å². The maximum absolute atomic E-state index is 12.9. The Morgan fingerprint density at radius 3 is 1.90 bits per heavy atom. The number of hydrogen-bond donors (Lipinski definition) is 2. The Morgan fingerprint density at radius 2 is 1.29 bits per heavy atom. The lowest BCUT2D eigenvalue weighted by atomic mass is 9.78. The summed E-state index contributed by atoms with van der Waals surface area (Å²) >= 11 is 0. The van der Waals surface area contributed by atoms with Gasteiger partial charge >= 0.3 is 5.97 Å². The molecular weight excluding hydrogens is 524 g/mol. The zero-order valence-electron chi connectivity index (χ0n) is 23.9. The van der Waals surface area contributed by atoms with E-state index in [0.717, 1.165) is 58.0 Å². The second kappa shape index (κ2) is 11.3. The first kappa shape index (κ1) is 27.6. The van der Waals surface area contributed by atoms with Crippen molar-refractivity contribution in [2.45, 2.75) is 37.7 Å². The largest absolute Gasteiger partial charge is 0.497 e. The van der Waals surface area contributed by atoms with Crippen molar-refractivity contribution < 1.29 is 24.5 Å². The van der Waals surface area contributed by atoms with Crippen LogP contribution in [0.3, 0.4) is 0 Å². The molecule has 0 radical (unpaired) electrons. The molecule has 42 heavy (non-hydrogen) atoms. The van der Waals surface area contributed by atoms with Gasteiger partial charge in [0.2, 0.25) is 0 Å². The number of hydrogen-bond acceptors (Lipinski definition) is 4.